The van der Waals surface area contributed by atoms with Gasteiger partial charge in [-0.25, -0.2) is 4.98 Å². The van der Waals surface area contributed by atoms with E-state index >= 15 is 0 Å². The highest BCUT2D eigenvalue weighted by Crippen LogP contribution is 2.42. The van der Waals surface area contributed by atoms with E-state index in [4.69, 9.17) is 19.2 Å². The molecular formula is C21H22N2O3. The molecule has 26 heavy (non-hydrogen) atoms. The molecule has 1 aliphatic carbocycles. The number of hydrogen-bond donors (Lipinski definition) is 1. The summed E-state index contributed by atoms with van der Waals surface area (Å²) in [4.78, 5) is 4.92. The van der Waals surface area contributed by atoms with Gasteiger partial charge in [-0.2, -0.15) is 0 Å². The lowest BCUT2D eigenvalue weighted by Crippen LogP contribution is -2.02. The Morgan fingerprint density at radius 3 is 2.19 bits per heavy atom. The van der Waals surface area contributed by atoms with Crippen molar-refractivity contribution in [2.45, 2.75) is 19.3 Å². The number of hydrogen-bond acceptors (Lipinski definition) is 5. The third-order valence-electron chi connectivity index (χ3n) is 4.92. The molecule has 0 spiro atoms. The van der Waals surface area contributed by atoms with Gasteiger partial charge in [0.15, 0.2) is 0 Å². The maximum Gasteiger partial charge on any atom is 0.145 e. The zero-order chi connectivity index (χ0) is 18.1. The van der Waals surface area contributed by atoms with Gasteiger partial charge in [0.2, 0.25) is 0 Å². The van der Waals surface area contributed by atoms with Crippen LogP contribution in [0.5, 0.6) is 17.2 Å². The van der Waals surface area contributed by atoms with E-state index < -0.39 is 0 Å². The topological polar surface area (TPSA) is 52.6 Å². The average molecular weight is 350 g/mol. The van der Waals surface area contributed by atoms with Gasteiger partial charge in [-0.3, -0.25) is 0 Å². The molecule has 1 heterocycles. The molecule has 5 heteroatoms. The van der Waals surface area contributed by atoms with Crippen LogP contribution in [0, 0.1) is 0 Å². The number of anilines is 2. The van der Waals surface area contributed by atoms with Crippen LogP contribution in [0.15, 0.2) is 36.4 Å². The van der Waals surface area contributed by atoms with Crippen molar-refractivity contribution in [3.8, 4) is 17.2 Å². The Kier molecular flexibility index (Phi) is 4.29. The van der Waals surface area contributed by atoms with E-state index in [1.54, 1.807) is 21.3 Å². The molecule has 0 bridgehead atoms. The van der Waals surface area contributed by atoms with Crippen molar-refractivity contribution >= 4 is 22.4 Å². The van der Waals surface area contributed by atoms with Crippen LogP contribution in [0.2, 0.25) is 0 Å². The second-order valence-corrected chi connectivity index (χ2v) is 6.32. The van der Waals surface area contributed by atoms with Crippen molar-refractivity contribution < 1.29 is 14.2 Å². The summed E-state index contributed by atoms with van der Waals surface area (Å²) in [5.41, 5.74) is 4.39. The summed E-state index contributed by atoms with van der Waals surface area (Å²) in [6.07, 6.45) is 3.15. The third-order valence-corrected chi connectivity index (χ3v) is 4.92. The molecule has 0 fully saturated rings. The zero-order valence-corrected chi connectivity index (χ0v) is 15.3. The number of fused-ring (bicyclic) bond motifs is 3. The van der Waals surface area contributed by atoms with Gasteiger partial charge in [-0.1, -0.05) is 0 Å². The molecule has 0 saturated carbocycles. The van der Waals surface area contributed by atoms with Crippen molar-refractivity contribution in [3.63, 3.8) is 0 Å². The smallest absolute Gasteiger partial charge is 0.145 e. The van der Waals surface area contributed by atoms with Gasteiger partial charge in [-0.15, -0.1) is 0 Å². The largest absolute Gasteiger partial charge is 0.497 e. The number of nitrogens with one attached hydrogen (secondary N) is 1. The molecular weight excluding hydrogens is 328 g/mol. The van der Waals surface area contributed by atoms with Crippen LogP contribution >= 0.6 is 0 Å². The second kappa shape index (κ2) is 6.75. The number of rotatable bonds is 5. The number of benzene rings is 2. The molecule has 0 atom stereocenters. The lowest BCUT2D eigenvalue weighted by molar-refractivity contribution is 0.409. The van der Waals surface area contributed by atoms with Gasteiger partial charge < -0.3 is 19.5 Å². The molecule has 3 aromatic rings. The van der Waals surface area contributed by atoms with Crippen LogP contribution in [-0.4, -0.2) is 26.3 Å². The van der Waals surface area contributed by atoms with Crippen LogP contribution in [-0.2, 0) is 12.8 Å². The van der Waals surface area contributed by atoms with E-state index in [1.807, 2.05) is 36.4 Å². The van der Waals surface area contributed by atoms with Crippen molar-refractivity contribution in [1.29, 1.82) is 0 Å². The number of methoxy groups -OCH3 is 3. The van der Waals surface area contributed by atoms with Gasteiger partial charge in [-0.05, 0) is 66.8 Å². The van der Waals surface area contributed by atoms with E-state index in [0.29, 0.717) is 0 Å². The van der Waals surface area contributed by atoms with Gasteiger partial charge in [0.1, 0.15) is 28.6 Å². The Morgan fingerprint density at radius 2 is 1.50 bits per heavy atom. The minimum atomic E-state index is 0.758. The third kappa shape index (κ3) is 2.69. The van der Waals surface area contributed by atoms with E-state index in [0.717, 1.165) is 58.9 Å². The summed E-state index contributed by atoms with van der Waals surface area (Å²) < 4.78 is 16.4. The molecule has 0 unspecified atom stereocenters. The maximum atomic E-state index is 5.61. The van der Waals surface area contributed by atoms with Crippen LogP contribution in [0.4, 0.5) is 11.5 Å². The Labute approximate surface area is 152 Å². The Hall–Kier alpha value is -2.95. The molecule has 0 amide bonds. The quantitative estimate of drug-likeness (QED) is 0.734. The number of nitrogens with zero attached hydrogens (tertiary/aromatic N) is 1. The molecule has 134 valence electrons. The highest BCUT2D eigenvalue weighted by Gasteiger charge is 2.24. The average Bonchev–Trinajstić information content (AvgIpc) is 3.18. The summed E-state index contributed by atoms with van der Waals surface area (Å²) >= 11 is 0. The van der Waals surface area contributed by atoms with Crippen LogP contribution in [0.3, 0.4) is 0 Å². The summed E-state index contributed by atoms with van der Waals surface area (Å²) in [5, 5.41) is 4.54. The molecule has 1 aliphatic rings. The number of aryl methyl sites for hydroxylation is 1. The predicted octanol–water partition coefficient (Wildman–Crippen LogP) is 4.49. The highest BCUT2D eigenvalue weighted by atomic mass is 16.5. The fourth-order valence-corrected chi connectivity index (χ4v) is 3.67. The Balaban J connectivity index is 1.87. The number of pyridine rings is 1. The van der Waals surface area contributed by atoms with E-state index in [-0.39, 0.29) is 0 Å². The lowest BCUT2D eigenvalue weighted by Gasteiger charge is -2.17. The summed E-state index contributed by atoms with van der Waals surface area (Å²) in [5.74, 6) is 3.33. The summed E-state index contributed by atoms with van der Waals surface area (Å²) in [6, 6.07) is 11.7. The first-order valence-electron chi connectivity index (χ1n) is 8.72. The maximum absolute atomic E-state index is 5.61. The molecule has 2 aromatic carbocycles. The number of aromatic nitrogens is 1. The first-order valence-corrected chi connectivity index (χ1v) is 8.72. The van der Waals surface area contributed by atoms with E-state index in [9.17, 15) is 0 Å². The lowest BCUT2D eigenvalue weighted by atomic mass is 10.0. The Morgan fingerprint density at radius 1 is 0.808 bits per heavy atom. The van der Waals surface area contributed by atoms with Crippen molar-refractivity contribution in [3.05, 3.63) is 47.5 Å². The van der Waals surface area contributed by atoms with E-state index in [1.165, 1.54) is 11.1 Å². The van der Waals surface area contributed by atoms with Crippen molar-refractivity contribution in [1.82, 2.24) is 4.98 Å². The Bertz CT molecular complexity index is 952. The summed E-state index contributed by atoms with van der Waals surface area (Å²) in [7, 11) is 5.04. The summed E-state index contributed by atoms with van der Waals surface area (Å²) in [6.45, 7) is 0. The predicted molar refractivity (Wildman–Crippen MR) is 103 cm³/mol. The monoisotopic (exact) mass is 350 g/mol. The normalized spacial score (nSPS) is 12.7. The molecule has 5 nitrogen and oxygen atoms in total. The molecule has 1 aromatic heterocycles. The molecule has 0 aliphatic heterocycles. The highest BCUT2D eigenvalue weighted by molar-refractivity contribution is 5.96. The van der Waals surface area contributed by atoms with Crippen molar-refractivity contribution in [2.24, 2.45) is 0 Å². The standard InChI is InChI=1S/C21H22N2O3/c1-24-14-9-7-13(8-10-14)22-21-16-6-4-5-15(16)19-17(25-2)11-12-18(26-3)20(19)23-21/h7-12H,4-6H2,1-3H3,(H,22,23). The van der Waals surface area contributed by atoms with Gasteiger partial charge in [0.25, 0.3) is 0 Å². The minimum absolute atomic E-state index is 0.758. The molecule has 4 rings (SSSR count). The second-order valence-electron chi connectivity index (χ2n) is 6.32. The number of ether oxygens (including phenoxy) is 3. The molecule has 0 saturated heterocycles. The van der Waals surface area contributed by atoms with Crippen LogP contribution in [0.25, 0.3) is 10.9 Å². The SMILES string of the molecule is COc1ccc(Nc2nc3c(OC)ccc(OC)c3c3c2CCC3)cc1. The van der Waals surface area contributed by atoms with Gasteiger partial charge >= 0.3 is 0 Å². The van der Waals surface area contributed by atoms with Crippen LogP contribution in [0.1, 0.15) is 17.5 Å². The zero-order valence-electron chi connectivity index (χ0n) is 15.3. The van der Waals surface area contributed by atoms with Gasteiger partial charge in [0, 0.05) is 11.1 Å². The first kappa shape index (κ1) is 16.5. The minimum Gasteiger partial charge on any atom is -0.497 e. The fourth-order valence-electron chi connectivity index (χ4n) is 3.67. The van der Waals surface area contributed by atoms with Crippen molar-refractivity contribution in [2.75, 3.05) is 26.6 Å². The molecule has 0 radical (unpaired) electrons. The first-order chi connectivity index (χ1) is 12.7. The van der Waals surface area contributed by atoms with E-state index in [2.05, 4.69) is 5.32 Å². The molecule has 1 N–H and O–H groups in total. The van der Waals surface area contributed by atoms with Gasteiger partial charge in [0.05, 0.1) is 21.3 Å². The fraction of sp³-hybridized carbons (Fsp3) is 0.286. The van der Waals surface area contributed by atoms with Crippen LogP contribution < -0.4 is 19.5 Å².